The van der Waals surface area contributed by atoms with Gasteiger partial charge in [0.25, 0.3) is 0 Å². The number of hydrogen-bond acceptors (Lipinski definition) is 3. The normalized spacial score (nSPS) is 12.4. The molecule has 0 fully saturated rings. The van der Waals surface area contributed by atoms with Crippen molar-refractivity contribution in [3.05, 3.63) is 47.5 Å². The van der Waals surface area contributed by atoms with Gasteiger partial charge in [0.15, 0.2) is 0 Å². The summed E-state index contributed by atoms with van der Waals surface area (Å²) in [4.78, 5) is 4.54. The lowest BCUT2D eigenvalue weighted by molar-refractivity contribution is 0.413. The smallest absolute Gasteiger partial charge is 0.122 e. The highest BCUT2D eigenvalue weighted by Gasteiger charge is 2.07. The van der Waals surface area contributed by atoms with Crippen molar-refractivity contribution in [1.29, 1.82) is 0 Å². The fourth-order valence-electron chi connectivity index (χ4n) is 2.34. The molecular formula is C16H23N3O. The van der Waals surface area contributed by atoms with Crippen LogP contribution in [0.15, 0.2) is 30.6 Å². The van der Waals surface area contributed by atoms with Crippen molar-refractivity contribution in [2.75, 3.05) is 7.11 Å². The van der Waals surface area contributed by atoms with E-state index in [1.807, 2.05) is 19.1 Å². The van der Waals surface area contributed by atoms with Crippen LogP contribution in [-0.4, -0.2) is 16.7 Å². The topological polar surface area (TPSA) is 53.1 Å². The van der Waals surface area contributed by atoms with E-state index >= 15 is 0 Å². The Morgan fingerprint density at radius 2 is 2.20 bits per heavy atom. The summed E-state index contributed by atoms with van der Waals surface area (Å²) in [7, 11) is 1.68. The largest absolute Gasteiger partial charge is 0.497 e. The van der Waals surface area contributed by atoms with Crippen LogP contribution in [0.3, 0.4) is 0 Å². The van der Waals surface area contributed by atoms with Gasteiger partial charge in [0, 0.05) is 36.3 Å². The molecule has 1 atom stereocenters. The third-order valence-electron chi connectivity index (χ3n) is 3.36. The number of methoxy groups -OCH3 is 1. The molecule has 0 bridgehead atoms. The molecule has 0 aliphatic rings. The molecule has 0 radical (unpaired) electrons. The second kappa shape index (κ2) is 6.57. The van der Waals surface area contributed by atoms with Crippen LogP contribution in [0, 0.1) is 6.92 Å². The molecule has 0 aliphatic carbocycles. The summed E-state index contributed by atoms with van der Waals surface area (Å²) in [5.74, 6) is 0.850. The zero-order valence-corrected chi connectivity index (χ0v) is 12.5. The van der Waals surface area contributed by atoms with E-state index in [1.165, 1.54) is 5.56 Å². The van der Waals surface area contributed by atoms with E-state index in [-0.39, 0.29) is 6.04 Å². The third kappa shape index (κ3) is 3.61. The monoisotopic (exact) mass is 273 g/mol. The first kappa shape index (κ1) is 14.6. The van der Waals surface area contributed by atoms with Crippen LogP contribution in [0.2, 0.25) is 0 Å². The van der Waals surface area contributed by atoms with Gasteiger partial charge < -0.3 is 15.0 Å². The fourth-order valence-corrected chi connectivity index (χ4v) is 2.34. The number of nitrogens with two attached hydrogens (primary N) is 1. The summed E-state index contributed by atoms with van der Waals surface area (Å²) in [6.07, 6.45) is 6.28. The summed E-state index contributed by atoms with van der Waals surface area (Å²) < 4.78 is 7.40. The van der Waals surface area contributed by atoms with Crippen LogP contribution >= 0.6 is 0 Å². The van der Waals surface area contributed by atoms with E-state index in [1.54, 1.807) is 7.11 Å². The van der Waals surface area contributed by atoms with Crippen molar-refractivity contribution in [3.63, 3.8) is 0 Å². The SMILES string of the molecule is CCCC(N)c1ccn(Cc2cc(OC)cc(C)n2)c1. The van der Waals surface area contributed by atoms with Gasteiger partial charge in [-0.15, -0.1) is 0 Å². The van der Waals surface area contributed by atoms with Crippen molar-refractivity contribution in [3.8, 4) is 5.75 Å². The highest BCUT2D eigenvalue weighted by atomic mass is 16.5. The molecule has 0 spiro atoms. The summed E-state index contributed by atoms with van der Waals surface area (Å²) in [6, 6.07) is 6.12. The first-order valence-corrected chi connectivity index (χ1v) is 7.05. The molecule has 4 nitrogen and oxygen atoms in total. The minimum atomic E-state index is 0.126. The van der Waals surface area contributed by atoms with Crippen LogP contribution in [0.4, 0.5) is 0 Å². The molecule has 2 rings (SSSR count). The average molecular weight is 273 g/mol. The molecule has 1 unspecified atom stereocenters. The predicted molar refractivity (Wildman–Crippen MR) is 80.9 cm³/mol. The molecule has 0 aliphatic heterocycles. The van der Waals surface area contributed by atoms with E-state index in [2.05, 4.69) is 34.9 Å². The lowest BCUT2D eigenvalue weighted by Gasteiger charge is -2.08. The van der Waals surface area contributed by atoms with Crippen LogP contribution in [0.1, 0.15) is 42.8 Å². The van der Waals surface area contributed by atoms with Gasteiger partial charge in [-0.2, -0.15) is 0 Å². The van der Waals surface area contributed by atoms with Gasteiger partial charge in [0.1, 0.15) is 5.75 Å². The summed E-state index contributed by atoms with van der Waals surface area (Å²) in [6.45, 7) is 4.86. The Labute approximate surface area is 120 Å². The van der Waals surface area contributed by atoms with E-state index in [9.17, 15) is 0 Å². The second-order valence-electron chi connectivity index (χ2n) is 5.15. The molecule has 2 aromatic rings. The molecule has 4 heteroatoms. The number of nitrogens with zero attached hydrogens (tertiary/aromatic N) is 2. The van der Waals surface area contributed by atoms with Gasteiger partial charge in [-0.25, -0.2) is 0 Å². The lowest BCUT2D eigenvalue weighted by Crippen LogP contribution is -2.09. The van der Waals surface area contributed by atoms with Gasteiger partial charge in [-0.1, -0.05) is 13.3 Å². The van der Waals surface area contributed by atoms with Gasteiger partial charge in [0.2, 0.25) is 0 Å². The predicted octanol–water partition coefficient (Wildman–Crippen LogP) is 3.05. The third-order valence-corrected chi connectivity index (χ3v) is 3.36. The standard InChI is InChI=1S/C16H23N3O/c1-4-5-16(17)13-6-7-19(10-13)11-14-9-15(20-3)8-12(2)18-14/h6-10,16H,4-5,11,17H2,1-3H3. The van der Waals surface area contributed by atoms with E-state index in [0.717, 1.165) is 36.5 Å². The van der Waals surface area contributed by atoms with Gasteiger partial charge in [-0.3, -0.25) is 4.98 Å². The molecular weight excluding hydrogens is 250 g/mol. The number of hydrogen-bond donors (Lipinski definition) is 1. The minimum absolute atomic E-state index is 0.126. The number of aryl methyl sites for hydroxylation is 1. The highest BCUT2D eigenvalue weighted by molar-refractivity contribution is 5.27. The molecule has 2 aromatic heterocycles. The number of rotatable bonds is 6. The lowest BCUT2D eigenvalue weighted by atomic mass is 10.1. The molecule has 108 valence electrons. The Hall–Kier alpha value is -1.81. The average Bonchev–Trinajstić information content (AvgIpc) is 2.87. The molecule has 2 heterocycles. The maximum atomic E-state index is 6.13. The van der Waals surface area contributed by atoms with Crippen LogP contribution in [-0.2, 0) is 6.54 Å². The van der Waals surface area contributed by atoms with Crippen LogP contribution in [0.5, 0.6) is 5.75 Å². The van der Waals surface area contributed by atoms with Gasteiger partial charge >= 0.3 is 0 Å². The Kier molecular flexibility index (Phi) is 4.79. The molecule has 0 aromatic carbocycles. The van der Waals surface area contributed by atoms with Crippen molar-refractivity contribution < 1.29 is 4.74 Å². The molecule has 2 N–H and O–H groups in total. The Balaban J connectivity index is 2.12. The van der Waals surface area contributed by atoms with Crippen molar-refractivity contribution in [1.82, 2.24) is 9.55 Å². The summed E-state index contributed by atoms with van der Waals surface area (Å²) in [5.41, 5.74) is 9.28. The summed E-state index contributed by atoms with van der Waals surface area (Å²) in [5, 5.41) is 0. The van der Waals surface area contributed by atoms with Crippen molar-refractivity contribution >= 4 is 0 Å². The maximum absolute atomic E-state index is 6.13. The quantitative estimate of drug-likeness (QED) is 0.880. The van der Waals surface area contributed by atoms with E-state index in [0.29, 0.717) is 0 Å². The maximum Gasteiger partial charge on any atom is 0.122 e. The summed E-state index contributed by atoms with van der Waals surface area (Å²) >= 11 is 0. The number of ether oxygens (including phenoxy) is 1. The first-order valence-electron chi connectivity index (χ1n) is 7.05. The van der Waals surface area contributed by atoms with E-state index in [4.69, 9.17) is 10.5 Å². The van der Waals surface area contributed by atoms with Crippen LogP contribution in [0.25, 0.3) is 0 Å². The first-order chi connectivity index (χ1) is 9.62. The Morgan fingerprint density at radius 3 is 2.90 bits per heavy atom. The number of pyridine rings is 1. The van der Waals surface area contributed by atoms with Crippen molar-refractivity contribution in [2.24, 2.45) is 5.73 Å². The van der Waals surface area contributed by atoms with E-state index < -0.39 is 0 Å². The molecule has 0 saturated carbocycles. The molecule has 20 heavy (non-hydrogen) atoms. The zero-order chi connectivity index (χ0) is 14.5. The molecule has 0 saturated heterocycles. The Morgan fingerprint density at radius 1 is 1.40 bits per heavy atom. The minimum Gasteiger partial charge on any atom is -0.497 e. The highest BCUT2D eigenvalue weighted by Crippen LogP contribution is 2.18. The fraction of sp³-hybridized carbons (Fsp3) is 0.438. The molecule has 0 amide bonds. The van der Waals surface area contributed by atoms with Gasteiger partial charge in [0.05, 0.1) is 19.3 Å². The Bertz CT molecular complexity index is 563. The zero-order valence-electron chi connectivity index (χ0n) is 12.5. The van der Waals surface area contributed by atoms with Gasteiger partial charge in [-0.05, 0) is 25.0 Å². The second-order valence-corrected chi connectivity index (χ2v) is 5.15. The number of aromatic nitrogens is 2. The van der Waals surface area contributed by atoms with Crippen LogP contribution < -0.4 is 10.5 Å². The van der Waals surface area contributed by atoms with Crippen molar-refractivity contribution in [2.45, 2.75) is 39.3 Å².